The number of benzene rings is 1. The zero-order valence-corrected chi connectivity index (χ0v) is 10.2. The Morgan fingerprint density at radius 2 is 2.20 bits per heavy atom. The average Bonchev–Trinajstić information content (AvgIpc) is 2.56. The van der Waals surface area contributed by atoms with Crippen molar-refractivity contribution in [3.63, 3.8) is 0 Å². The van der Waals surface area contributed by atoms with Gasteiger partial charge in [-0.05, 0) is 42.0 Å². The van der Waals surface area contributed by atoms with Crippen molar-refractivity contribution in [1.82, 2.24) is 5.32 Å². The first-order valence-corrected chi connectivity index (χ1v) is 5.48. The Morgan fingerprint density at radius 3 is 2.87 bits per heavy atom. The Bertz CT molecular complexity index is 505. The van der Waals surface area contributed by atoms with E-state index in [4.69, 9.17) is 4.42 Å². The molecule has 0 radical (unpaired) electrons. The molecular weight excluding hydrogens is 258 g/mol. The van der Waals surface area contributed by atoms with Gasteiger partial charge < -0.3 is 14.8 Å². The van der Waals surface area contributed by atoms with Crippen LogP contribution in [0.2, 0.25) is 0 Å². The van der Waals surface area contributed by atoms with Crippen LogP contribution in [-0.4, -0.2) is 12.2 Å². The number of fused-ring (bicyclic) bond motifs is 1. The number of hydrogen-bond acceptors (Lipinski definition) is 3. The van der Waals surface area contributed by atoms with Crippen molar-refractivity contribution in [3.05, 3.63) is 27.9 Å². The Kier molecular flexibility index (Phi) is 2.71. The molecule has 0 saturated heterocycles. The second kappa shape index (κ2) is 3.87. The van der Waals surface area contributed by atoms with Crippen LogP contribution >= 0.6 is 15.9 Å². The highest BCUT2D eigenvalue weighted by atomic mass is 79.9. The molecule has 0 bridgehead atoms. The molecule has 3 nitrogen and oxygen atoms in total. The van der Waals surface area contributed by atoms with E-state index in [1.54, 1.807) is 0 Å². The van der Waals surface area contributed by atoms with Crippen LogP contribution in [0.5, 0.6) is 5.75 Å². The van der Waals surface area contributed by atoms with Gasteiger partial charge in [0.25, 0.3) is 0 Å². The van der Waals surface area contributed by atoms with E-state index in [0.29, 0.717) is 11.0 Å². The van der Waals surface area contributed by atoms with Gasteiger partial charge in [-0.25, -0.2) is 0 Å². The quantitative estimate of drug-likeness (QED) is 0.881. The largest absolute Gasteiger partial charge is 0.506 e. The molecule has 0 atom stereocenters. The Hall–Kier alpha value is -1.00. The molecule has 0 aliphatic heterocycles. The predicted molar refractivity (Wildman–Crippen MR) is 63.1 cm³/mol. The maximum atomic E-state index is 9.91. The van der Waals surface area contributed by atoms with E-state index in [0.717, 1.165) is 22.3 Å². The van der Waals surface area contributed by atoms with Crippen LogP contribution in [0.25, 0.3) is 11.0 Å². The topological polar surface area (TPSA) is 45.4 Å². The van der Waals surface area contributed by atoms with E-state index in [1.807, 2.05) is 26.1 Å². The summed E-state index contributed by atoms with van der Waals surface area (Å²) in [7, 11) is 1.84. The molecule has 2 rings (SSSR count). The minimum Gasteiger partial charge on any atom is -0.506 e. The van der Waals surface area contributed by atoms with Crippen molar-refractivity contribution >= 4 is 26.9 Å². The van der Waals surface area contributed by atoms with Gasteiger partial charge in [-0.2, -0.15) is 0 Å². The molecule has 0 unspecified atom stereocenters. The molecule has 0 spiro atoms. The fraction of sp³-hybridized carbons (Fsp3) is 0.273. The normalized spacial score (nSPS) is 11.1. The summed E-state index contributed by atoms with van der Waals surface area (Å²) in [4.78, 5) is 0. The van der Waals surface area contributed by atoms with E-state index in [9.17, 15) is 5.11 Å². The number of aromatic hydroxyl groups is 1. The minimum absolute atomic E-state index is 0.276. The standard InChI is InChI=1S/C11H12BrNO2/c1-6-3-8-9(15-6)4-7(5-13-2)11(14)10(8)12/h3-4,13-14H,5H2,1-2H3. The molecule has 2 aromatic rings. The molecular formula is C11H12BrNO2. The van der Waals surface area contributed by atoms with E-state index >= 15 is 0 Å². The smallest absolute Gasteiger partial charge is 0.135 e. The van der Waals surface area contributed by atoms with Crippen molar-refractivity contribution in [3.8, 4) is 5.75 Å². The highest BCUT2D eigenvalue weighted by Crippen LogP contribution is 2.37. The van der Waals surface area contributed by atoms with Gasteiger partial charge in [0.05, 0.1) is 4.47 Å². The summed E-state index contributed by atoms with van der Waals surface area (Å²) in [6.45, 7) is 2.50. The first kappa shape index (κ1) is 10.5. The molecule has 1 heterocycles. The Balaban J connectivity index is 2.70. The molecule has 0 fully saturated rings. The van der Waals surface area contributed by atoms with Crippen LogP contribution in [0.4, 0.5) is 0 Å². The number of halogens is 1. The Labute approximate surface area is 96.2 Å². The molecule has 1 aromatic heterocycles. The predicted octanol–water partition coefficient (Wildman–Crippen LogP) is 2.93. The summed E-state index contributed by atoms with van der Waals surface area (Å²) < 4.78 is 6.22. The first-order chi connectivity index (χ1) is 7.13. The third kappa shape index (κ3) is 1.75. The van der Waals surface area contributed by atoms with Crippen LogP contribution in [-0.2, 0) is 6.54 Å². The van der Waals surface area contributed by atoms with Crippen LogP contribution in [0.3, 0.4) is 0 Å². The van der Waals surface area contributed by atoms with E-state index in [2.05, 4.69) is 21.2 Å². The van der Waals surface area contributed by atoms with Gasteiger partial charge in [-0.1, -0.05) is 0 Å². The molecule has 0 saturated carbocycles. The lowest BCUT2D eigenvalue weighted by molar-refractivity contribution is 0.463. The van der Waals surface area contributed by atoms with Crippen LogP contribution in [0.1, 0.15) is 11.3 Å². The molecule has 4 heteroatoms. The van der Waals surface area contributed by atoms with E-state index in [1.165, 1.54) is 0 Å². The number of nitrogens with one attached hydrogen (secondary N) is 1. The molecule has 2 N–H and O–H groups in total. The zero-order valence-electron chi connectivity index (χ0n) is 8.60. The van der Waals surface area contributed by atoms with Crippen LogP contribution in [0, 0.1) is 6.92 Å². The number of aryl methyl sites for hydroxylation is 1. The van der Waals surface area contributed by atoms with Crippen LogP contribution in [0.15, 0.2) is 21.0 Å². The molecule has 0 aliphatic carbocycles. The van der Waals surface area contributed by atoms with Gasteiger partial charge in [0.2, 0.25) is 0 Å². The summed E-state index contributed by atoms with van der Waals surface area (Å²) >= 11 is 3.38. The SMILES string of the molecule is CNCc1cc2oc(C)cc2c(Br)c1O. The van der Waals surface area contributed by atoms with Gasteiger partial charge in [-0.3, -0.25) is 0 Å². The lowest BCUT2D eigenvalue weighted by Crippen LogP contribution is -2.05. The fourth-order valence-electron chi connectivity index (χ4n) is 1.63. The summed E-state index contributed by atoms with van der Waals surface area (Å²) in [6, 6.07) is 3.77. The van der Waals surface area contributed by atoms with E-state index in [-0.39, 0.29) is 5.75 Å². The number of phenolic OH excluding ortho intramolecular Hbond substituents is 1. The van der Waals surface area contributed by atoms with Crippen molar-refractivity contribution in [2.75, 3.05) is 7.05 Å². The number of phenols is 1. The lowest BCUT2D eigenvalue weighted by atomic mass is 10.1. The monoisotopic (exact) mass is 269 g/mol. The maximum absolute atomic E-state index is 9.91. The zero-order chi connectivity index (χ0) is 11.0. The van der Waals surface area contributed by atoms with Gasteiger partial charge in [-0.15, -0.1) is 0 Å². The minimum atomic E-state index is 0.276. The molecule has 80 valence electrons. The van der Waals surface area contributed by atoms with Crippen molar-refractivity contribution < 1.29 is 9.52 Å². The second-order valence-electron chi connectivity index (χ2n) is 3.50. The van der Waals surface area contributed by atoms with Crippen molar-refractivity contribution in [2.24, 2.45) is 0 Å². The first-order valence-electron chi connectivity index (χ1n) is 4.68. The van der Waals surface area contributed by atoms with Gasteiger partial charge >= 0.3 is 0 Å². The number of furan rings is 1. The highest BCUT2D eigenvalue weighted by molar-refractivity contribution is 9.10. The average molecular weight is 270 g/mol. The molecule has 15 heavy (non-hydrogen) atoms. The number of rotatable bonds is 2. The lowest BCUT2D eigenvalue weighted by Gasteiger charge is -2.06. The van der Waals surface area contributed by atoms with Crippen molar-refractivity contribution in [2.45, 2.75) is 13.5 Å². The summed E-state index contributed by atoms with van der Waals surface area (Å²) in [5, 5.41) is 13.8. The third-order valence-corrected chi connectivity index (χ3v) is 3.11. The van der Waals surface area contributed by atoms with Crippen LogP contribution < -0.4 is 5.32 Å². The second-order valence-corrected chi connectivity index (χ2v) is 4.29. The number of hydrogen-bond donors (Lipinski definition) is 2. The van der Waals surface area contributed by atoms with Gasteiger partial charge in [0.15, 0.2) is 0 Å². The molecule has 0 amide bonds. The fourth-order valence-corrected chi connectivity index (χ4v) is 2.20. The molecule has 0 aliphatic rings. The summed E-state index contributed by atoms with van der Waals surface area (Å²) in [5.74, 6) is 1.12. The summed E-state index contributed by atoms with van der Waals surface area (Å²) in [6.07, 6.45) is 0. The summed E-state index contributed by atoms with van der Waals surface area (Å²) in [5.41, 5.74) is 1.62. The Morgan fingerprint density at radius 1 is 1.47 bits per heavy atom. The third-order valence-electron chi connectivity index (χ3n) is 2.31. The maximum Gasteiger partial charge on any atom is 0.135 e. The van der Waals surface area contributed by atoms with Gasteiger partial charge in [0.1, 0.15) is 17.1 Å². The van der Waals surface area contributed by atoms with Crippen molar-refractivity contribution in [1.29, 1.82) is 0 Å². The van der Waals surface area contributed by atoms with E-state index < -0.39 is 0 Å². The molecule has 1 aromatic carbocycles. The van der Waals surface area contributed by atoms with Gasteiger partial charge in [0, 0.05) is 17.5 Å². The highest BCUT2D eigenvalue weighted by Gasteiger charge is 2.12.